The van der Waals surface area contributed by atoms with Crippen molar-refractivity contribution in [2.45, 2.75) is 50.7 Å². The van der Waals surface area contributed by atoms with Gasteiger partial charge in [-0.25, -0.2) is 8.42 Å². The van der Waals surface area contributed by atoms with Gasteiger partial charge in [0.15, 0.2) is 9.84 Å². The first-order chi connectivity index (χ1) is 8.07. The number of ether oxygens (including phenoxy) is 1. The van der Waals surface area contributed by atoms with E-state index >= 15 is 0 Å². The second kappa shape index (κ2) is 5.67. The molecule has 0 aliphatic carbocycles. The van der Waals surface area contributed by atoms with E-state index < -0.39 is 9.84 Å². The smallest absolute Gasteiger partial charge is 0.150 e. The van der Waals surface area contributed by atoms with Gasteiger partial charge in [-0.1, -0.05) is 0 Å². The summed E-state index contributed by atoms with van der Waals surface area (Å²) in [5.41, 5.74) is 6.08. The number of nitrogens with two attached hydrogens (primary N) is 1. The van der Waals surface area contributed by atoms with Crippen LogP contribution in [0.4, 0.5) is 0 Å². The van der Waals surface area contributed by atoms with Gasteiger partial charge in [0.25, 0.3) is 0 Å². The molecule has 17 heavy (non-hydrogen) atoms. The van der Waals surface area contributed by atoms with E-state index in [9.17, 15) is 8.42 Å². The molecule has 3 atom stereocenters. The molecule has 0 aromatic rings. The highest BCUT2D eigenvalue weighted by Gasteiger charge is 2.31. The van der Waals surface area contributed by atoms with E-state index in [0.29, 0.717) is 17.6 Å². The van der Waals surface area contributed by atoms with Crippen molar-refractivity contribution in [1.82, 2.24) is 0 Å². The van der Waals surface area contributed by atoms with E-state index in [1.165, 1.54) is 12.8 Å². The molecule has 0 saturated carbocycles. The van der Waals surface area contributed by atoms with Gasteiger partial charge in [0.1, 0.15) is 0 Å². The Morgan fingerprint density at radius 2 is 2.18 bits per heavy atom. The lowest BCUT2D eigenvalue weighted by Gasteiger charge is -2.18. The summed E-state index contributed by atoms with van der Waals surface area (Å²) in [5, 5.41) is 0. The third kappa shape index (κ3) is 3.93. The average Bonchev–Trinajstić information content (AvgIpc) is 2.87. The molecule has 5 heteroatoms. The van der Waals surface area contributed by atoms with Crippen LogP contribution in [-0.4, -0.2) is 38.7 Å². The molecule has 0 bridgehead atoms. The SMILES string of the molecule is NC(CCCC1CCCO1)C1CCS(=O)(=O)C1. The van der Waals surface area contributed by atoms with Gasteiger partial charge >= 0.3 is 0 Å². The van der Waals surface area contributed by atoms with Gasteiger partial charge in [0, 0.05) is 12.6 Å². The second-order valence-corrected chi connectivity index (χ2v) is 7.62. The van der Waals surface area contributed by atoms with Crippen LogP contribution in [-0.2, 0) is 14.6 Å². The molecule has 0 aromatic heterocycles. The first kappa shape index (κ1) is 13.3. The number of sulfone groups is 1. The Hall–Kier alpha value is -0.130. The molecular formula is C12H23NO3S. The van der Waals surface area contributed by atoms with Crippen molar-refractivity contribution in [3.05, 3.63) is 0 Å². The minimum absolute atomic E-state index is 0.0497. The third-order valence-corrected chi connectivity index (χ3v) is 5.75. The van der Waals surface area contributed by atoms with Gasteiger partial charge < -0.3 is 10.5 Å². The highest BCUT2D eigenvalue weighted by molar-refractivity contribution is 7.91. The molecule has 0 amide bonds. The minimum atomic E-state index is -2.79. The monoisotopic (exact) mass is 261 g/mol. The van der Waals surface area contributed by atoms with Gasteiger partial charge in [-0.05, 0) is 44.4 Å². The Morgan fingerprint density at radius 3 is 2.76 bits per heavy atom. The topological polar surface area (TPSA) is 69.4 Å². The van der Waals surface area contributed by atoms with E-state index in [4.69, 9.17) is 10.5 Å². The minimum Gasteiger partial charge on any atom is -0.378 e. The van der Waals surface area contributed by atoms with Crippen LogP contribution in [0.15, 0.2) is 0 Å². The van der Waals surface area contributed by atoms with E-state index in [1.54, 1.807) is 0 Å². The molecule has 2 aliphatic heterocycles. The van der Waals surface area contributed by atoms with E-state index in [-0.39, 0.29) is 12.0 Å². The van der Waals surface area contributed by atoms with Crippen molar-refractivity contribution >= 4 is 9.84 Å². The van der Waals surface area contributed by atoms with Gasteiger partial charge in [0.2, 0.25) is 0 Å². The van der Waals surface area contributed by atoms with E-state index in [2.05, 4.69) is 0 Å². The molecule has 2 fully saturated rings. The molecule has 2 heterocycles. The predicted molar refractivity (Wildman–Crippen MR) is 67.6 cm³/mol. The fourth-order valence-electron chi connectivity index (χ4n) is 2.85. The zero-order chi connectivity index (χ0) is 12.3. The highest BCUT2D eigenvalue weighted by Crippen LogP contribution is 2.24. The first-order valence-electron chi connectivity index (χ1n) is 6.64. The van der Waals surface area contributed by atoms with Crippen molar-refractivity contribution in [1.29, 1.82) is 0 Å². The molecule has 2 saturated heterocycles. The van der Waals surface area contributed by atoms with E-state index in [1.807, 2.05) is 0 Å². The molecule has 3 unspecified atom stereocenters. The fraction of sp³-hybridized carbons (Fsp3) is 1.00. The summed E-state index contributed by atoms with van der Waals surface area (Å²) in [5.74, 6) is 0.815. The molecule has 100 valence electrons. The van der Waals surface area contributed by atoms with Crippen LogP contribution < -0.4 is 5.73 Å². The quantitative estimate of drug-likeness (QED) is 0.804. The zero-order valence-corrected chi connectivity index (χ0v) is 11.1. The predicted octanol–water partition coefficient (Wildman–Crippen LogP) is 1.10. The second-order valence-electron chi connectivity index (χ2n) is 5.39. The number of hydrogen-bond acceptors (Lipinski definition) is 4. The van der Waals surface area contributed by atoms with Crippen molar-refractivity contribution in [2.24, 2.45) is 11.7 Å². The summed E-state index contributed by atoms with van der Waals surface area (Å²) in [7, 11) is -2.79. The summed E-state index contributed by atoms with van der Waals surface area (Å²) in [4.78, 5) is 0. The van der Waals surface area contributed by atoms with Gasteiger partial charge in [0.05, 0.1) is 17.6 Å². The molecule has 2 N–H and O–H groups in total. The molecule has 4 nitrogen and oxygen atoms in total. The van der Waals surface area contributed by atoms with Crippen molar-refractivity contribution in [2.75, 3.05) is 18.1 Å². The lowest BCUT2D eigenvalue weighted by Crippen LogP contribution is -2.31. The van der Waals surface area contributed by atoms with Crippen LogP contribution in [0.2, 0.25) is 0 Å². The lowest BCUT2D eigenvalue weighted by molar-refractivity contribution is 0.101. The Labute approximate surface area is 104 Å². The summed E-state index contributed by atoms with van der Waals surface area (Å²) in [6.07, 6.45) is 6.60. The Morgan fingerprint density at radius 1 is 1.35 bits per heavy atom. The standard InChI is InChI=1S/C12H23NO3S/c13-12(10-6-8-17(14,15)9-10)5-1-3-11-4-2-7-16-11/h10-12H,1-9,13H2. The summed E-state index contributed by atoms with van der Waals surface area (Å²) >= 11 is 0. The molecule has 0 aromatic carbocycles. The molecule has 0 spiro atoms. The maximum absolute atomic E-state index is 11.4. The lowest BCUT2D eigenvalue weighted by atomic mass is 9.94. The summed E-state index contributed by atoms with van der Waals surface area (Å²) in [6, 6.07) is 0.0497. The number of rotatable bonds is 5. The highest BCUT2D eigenvalue weighted by atomic mass is 32.2. The summed E-state index contributed by atoms with van der Waals surface area (Å²) in [6.45, 7) is 0.900. The molecule has 2 rings (SSSR count). The normalized spacial score (nSPS) is 33.9. The van der Waals surface area contributed by atoms with Crippen LogP contribution >= 0.6 is 0 Å². The summed E-state index contributed by atoms with van der Waals surface area (Å²) < 4.78 is 28.3. The molecule has 0 radical (unpaired) electrons. The van der Waals surface area contributed by atoms with Crippen LogP contribution in [0.5, 0.6) is 0 Å². The van der Waals surface area contributed by atoms with Gasteiger partial charge in [-0.2, -0.15) is 0 Å². The van der Waals surface area contributed by atoms with E-state index in [0.717, 1.165) is 32.3 Å². The maximum atomic E-state index is 11.4. The van der Waals surface area contributed by atoms with Gasteiger partial charge in [-0.3, -0.25) is 0 Å². The maximum Gasteiger partial charge on any atom is 0.150 e. The fourth-order valence-corrected chi connectivity index (χ4v) is 4.75. The largest absolute Gasteiger partial charge is 0.378 e. The number of hydrogen-bond donors (Lipinski definition) is 1. The Bertz CT molecular complexity index is 336. The van der Waals surface area contributed by atoms with Crippen molar-refractivity contribution < 1.29 is 13.2 Å². The molecular weight excluding hydrogens is 238 g/mol. The first-order valence-corrected chi connectivity index (χ1v) is 8.46. The van der Waals surface area contributed by atoms with Crippen LogP contribution in [0.25, 0.3) is 0 Å². The Kier molecular flexibility index (Phi) is 4.44. The van der Waals surface area contributed by atoms with Crippen molar-refractivity contribution in [3.8, 4) is 0 Å². The van der Waals surface area contributed by atoms with Crippen LogP contribution in [0, 0.1) is 5.92 Å². The molecule has 2 aliphatic rings. The van der Waals surface area contributed by atoms with Crippen LogP contribution in [0.3, 0.4) is 0 Å². The van der Waals surface area contributed by atoms with Crippen molar-refractivity contribution in [3.63, 3.8) is 0 Å². The average molecular weight is 261 g/mol. The van der Waals surface area contributed by atoms with Gasteiger partial charge in [-0.15, -0.1) is 0 Å². The Balaban J connectivity index is 1.65. The van der Waals surface area contributed by atoms with Crippen LogP contribution in [0.1, 0.15) is 38.5 Å². The zero-order valence-electron chi connectivity index (χ0n) is 10.3. The third-order valence-electron chi connectivity index (χ3n) is 3.96.